The highest BCUT2D eigenvalue weighted by Gasteiger charge is 2.18. The van der Waals surface area contributed by atoms with Crippen molar-refractivity contribution in [3.8, 4) is 0 Å². The number of halogens is 1. The molecule has 7 nitrogen and oxygen atoms in total. The lowest BCUT2D eigenvalue weighted by Gasteiger charge is -2.22. The fourth-order valence-corrected chi connectivity index (χ4v) is 3.15. The van der Waals surface area contributed by atoms with E-state index in [0.717, 1.165) is 31.6 Å². The first-order valence-corrected chi connectivity index (χ1v) is 8.15. The normalized spacial score (nSPS) is 17.5. The molecular formula is C14H20ClN5O2S. The van der Waals surface area contributed by atoms with E-state index in [2.05, 4.69) is 20.7 Å². The Kier molecular flexibility index (Phi) is 6.52. The molecule has 1 amide bonds. The average molecular weight is 358 g/mol. The molecule has 9 heteroatoms. The Balaban J connectivity index is 0.00000192. The quantitative estimate of drug-likeness (QED) is 0.856. The highest BCUT2D eigenvalue weighted by atomic mass is 35.5. The fraction of sp³-hybridized carbons (Fsp3) is 0.500. The lowest BCUT2D eigenvalue weighted by atomic mass is 10.1. The van der Waals surface area contributed by atoms with E-state index >= 15 is 0 Å². The number of anilines is 1. The van der Waals surface area contributed by atoms with E-state index in [1.54, 1.807) is 13.2 Å². The van der Waals surface area contributed by atoms with Gasteiger partial charge in [0.15, 0.2) is 10.8 Å². The smallest absolute Gasteiger partial charge is 0.277 e. The molecule has 1 atom stereocenters. The number of thiazole rings is 1. The van der Waals surface area contributed by atoms with Gasteiger partial charge in [-0.2, -0.15) is 5.10 Å². The monoisotopic (exact) mass is 357 g/mol. The SMILES string of the molecule is COCc1csc(NC(=O)c2ccn(C3CCCNC3)n2)n1.Cl. The van der Waals surface area contributed by atoms with Crippen molar-refractivity contribution in [3.05, 3.63) is 29.0 Å². The van der Waals surface area contributed by atoms with Crippen LogP contribution in [-0.4, -0.2) is 40.9 Å². The lowest BCUT2D eigenvalue weighted by Crippen LogP contribution is -2.32. The van der Waals surface area contributed by atoms with Gasteiger partial charge >= 0.3 is 0 Å². The summed E-state index contributed by atoms with van der Waals surface area (Å²) < 4.78 is 6.89. The molecule has 1 aliphatic rings. The van der Waals surface area contributed by atoms with E-state index in [0.29, 0.717) is 23.5 Å². The zero-order chi connectivity index (χ0) is 15.4. The largest absolute Gasteiger partial charge is 0.378 e. The van der Waals surface area contributed by atoms with Crippen LogP contribution < -0.4 is 10.6 Å². The molecule has 23 heavy (non-hydrogen) atoms. The van der Waals surface area contributed by atoms with Crippen molar-refractivity contribution in [2.75, 3.05) is 25.5 Å². The molecule has 3 rings (SSSR count). The molecule has 1 saturated heterocycles. The number of hydrogen-bond acceptors (Lipinski definition) is 6. The number of ether oxygens (including phenoxy) is 1. The maximum atomic E-state index is 12.2. The molecule has 0 spiro atoms. The van der Waals surface area contributed by atoms with Crippen LogP contribution in [0.4, 0.5) is 5.13 Å². The number of nitrogens with one attached hydrogen (secondary N) is 2. The number of nitrogens with zero attached hydrogens (tertiary/aromatic N) is 3. The first-order chi connectivity index (χ1) is 10.8. The summed E-state index contributed by atoms with van der Waals surface area (Å²) in [5.74, 6) is -0.235. The van der Waals surface area contributed by atoms with Crippen molar-refractivity contribution in [1.29, 1.82) is 0 Å². The van der Waals surface area contributed by atoms with Crippen molar-refractivity contribution < 1.29 is 9.53 Å². The number of carbonyl (C=O) groups is 1. The van der Waals surface area contributed by atoms with Crippen LogP contribution in [0.15, 0.2) is 17.6 Å². The highest BCUT2D eigenvalue weighted by molar-refractivity contribution is 7.13. The zero-order valence-corrected chi connectivity index (χ0v) is 14.5. The molecule has 0 aromatic carbocycles. The second-order valence-corrected chi connectivity index (χ2v) is 6.07. The number of aromatic nitrogens is 3. The second kappa shape index (κ2) is 8.39. The molecule has 0 saturated carbocycles. The van der Waals surface area contributed by atoms with Gasteiger partial charge in [0.05, 0.1) is 18.3 Å². The van der Waals surface area contributed by atoms with Gasteiger partial charge in [-0.3, -0.25) is 14.8 Å². The minimum atomic E-state index is -0.235. The van der Waals surface area contributed by atoms with Crippen molar-refractivity contribution >= 4 is 34.8 Å². The van der Waals surface area contributed by atoms with E-state index in [1.165, 1.54) is 11.3 Å². The summed E-state index contributed by atoms with van der Waals surface area (Å²) in [6.45, 7) is 2.39. The van der Waals surface area contributed by atoms with Crippen molar-refractivity contribution in [1.82, 2.24) is 20.1 Å². The number of carbonyl (C=O) groups excluding carboxylic acids is 1. The first kappa shape index (κ1) is 17.9. The van der Waals surface area contributed by atoms with Crippen molar-refractivity contribution in [2.24, 2.45) is 0 Å². The van der Waals surface area contributed by atoms with Crippen LogP contribution in [0, 0.1) is 0 Å². The Labute approximate surface area is 144 Å². The van der Waals surface area contributed by atoms with Gasteiger partial charge in [-0.25, -0.2) is 4.98 Å². The number of amides is 1. The van der Waals surface area contributed by atoms with E-state index < -0.39 is 0 Å². The standard InChI is InChI=1S/C14H19N5O2S.ClH/c1-21-8-10-9-22-14(16-10)17-13(20)12-4-6-19(18-12)11-3-2-5-15-7-11;/h4,6,9,11,15H,2-3,5,7-8H2,1H3,(H,16,17,20);1H. The molecule has 126 valence electrons. The third-order valence-electron chi connectivity index (χ3n) is 3.55. The van der Waals surface area contributed by atoms with Crippen LogP contribution in [0.5, 0.6) is 0 Å². The summed E-state index contributed by atoms with van der Waals surface area (Å²) in [6.07, 6.45) is 4.08. The highest BCUT2D eigenvalue weighted by Crippen LogP contribution is 2.18. The Bertz CT molecular complexity index is 639. The zero-order valence-electron chi connectivity index (χ0n) is 12.8. The van der Waals surface area contributed by atoms with Crippen LogP contribution in [0.1, 0.15) is 35.1 Å². The predicted octanol–water partition coefficient (Wildman–Crippen LogP) is 2.08. The molecule has 2 aromatic rings. The van der Waals surface area contributed by atoms with Gasteiger partial charge in [0.1, 0.15) is 0 Å². The van der Waals surface area contributed by atoms with Crippen LogP contribution in [0.25, 0.3) is 0 Å². The lowest BCUT2D eigenvalue weighted by molar-refractivity contribution is 0.102. The minimum Gasteiger partial charge on any atom is -0.378 e. The molecular weight excluding hydrogens is 338 g/mol. The molecule has 0 radical (unpaired) electrons. The Morgan fingerprint density at radius 3 is 3.22 bits per heavy atom. The second-order valence-electron chi connectivity index (χ2n) is 5.21. The Morgan fingerprint density at radius 2 is 2.48 bits per heavy atom. The number of methoxy groups -OCH3 is 1. The van der Waals surface area contributed by atoms with Gasteiger partial charge in [0.25, 0.3) is 5.91 Å². The molecule has 1 fully saturated rings. The van der Waals surface area contributed by atoms with Gasteiger partial charge < -0.3 is 10.1 Å². The maximum Gasteiger partial charge on any atom is 0.277 e. The molecule has 1 unspecified atom stereocenters. The third kappa shape index (κ3) is 4.51. The van der Waals surface area contributed by atoms with Gasteiger partial charge in [-0.15, -0.1) is 23.7 Å². The maximum absolute atomic E-state index is 12.2. The molecule has 0 bridgehead atoms. The van der Waals surface area contributed by atoms with E-state index in [-0.39, 0.29) is 18.3 Å². The van der Waals surface area contributed by atoms with E-state index in [1.807, 2.05) is 16.3 Å². The summed E-state index contributed by atoms with van der Waals surface area (Å²) in [5, 5.41) is 12.9. The van der Waals surface area contributed by atoms with Gasteiger partial charge in [0.2, 0.25) is 0 Å². The summed E-state index contributed by atoms with van der Waals surface area (Å²) >= 11 is 1.38. The van der Waals surface area contributed by atoms with Crippen LogP contribution in [0.3, 0.4) is 0 Å². The Hall–Kier alpha value is -1.48. The molecule has 2 N–H and O–H groups in total. The minimum absolute atomic E-state index is 0. The number of piperidine rings is 1. The molecule has 1 aliphatic heterocycles. The summed E-state index contributed by atoms with van der Waals surface area (Å²) in [7, 11) is 1.62. The third-order valence-corrected chi connectivity index (χ3v) is 4.36. The molecule has 2 aromatic heterocycles. The van der Waals surface area contributed by atoms with Crippen molar-refractivity contribution in [3.63, 3.8) is 0 Å². The topological polar surface area (TPSA) is 81.1 Å². The number of hydrogen-bond donors (Lipinski definition) is 2. The summed E-state index contributed by atoms with van der Waals surface area (Å²) in [6, 6.07) is 2.07. The van der Waals surface area contributed by atoms with E-state index in [9.17, 15) is 4.79 Å². The Morgan fingerprint density at radius 1 is 1.61 bits per heavy atom. The summed E-state index contributed by atoms with van der Waals surface area (Å²) in [5.41, 5.74) is 1.22. The van der Waals surface area contributed by atoms with Gasteiger partial charge in [-0.05, 0) is 25.5 Å². The molecule has 0 aliphatic carbocycles. The molecule has 3 heterocycles. The number of rotatable bonds is 5. The van der Waals surface area contributed by atoms with Crippen LogP contribution >= 0.6 is 23.7 Å². The van der Waals surface area contributed by atoms with Crippen LogP contribution in [0.2, 0.25) is 0 Å². The van der Waals surface area contributed by atoms with Crippen molar-refractivity contribution in [2.45, 2.75) is 25.5 Å². The first-order valence-electron chi connectivity index (χ1n) is 7.27. The van der Waals surface area contributed by atoms with E-state index in [4.69, 9.17) is 4.74 Å². The fourth-order valence-electron chi connectivity index (χ4n) is 2.46. The van der Waals surface area contributed by atoms with Gasteiger partial charge in [-0.1, -0.05) is 0 Å². The summed E-state index contributed by atoms with van der Waals surface area (Å²) in [4.78, 5) is 16.5. The average Bonchev–Trinajstić information content (AvgIpc) is 3.18. The van der Waals surface area contributed by atoms with Crippen LogP contribution in [-0.2, 0) is 11.3 Å². The van der Waals surface area contributed by atoms with Gasteiger partial charge in [0, 0.05) is 25.2 Å². The predicted molar refractivity (Wildman–Crippen MR) is 91.4 cm³/mol.